The van der Waals surface area contributed by atoms with Gasteiger partial charge in [0.15, 0.2) is 0 Å². The highest BCUT2D eigenvalue weighted by atomic mass is 31.1. The predicted molar refractivity (Wildman–Crippen MR) is 64.6 cm³/mol. The normalized spacial score (nSPS) is 12.2. The molecular weight excluding hydrogens is 175 g/mol. The van der Waals surface area contributed by atoms with E-state index in [1.807, 2.05) is 0 Å². The van der Waals surface area contributed by atoms with Gasteiger partial charge in [0.1, 0.15) is 0 Å². The first-order valence-corrected chi connectivity index (χ1v) is 6.88. The second kappa shape index (κ2) is 12.2. The predicted octanol–water partition coefficient (Wildman–Crippen LogP) is 5.22. The van der Waals surface area contributed by atoms with Crippen molar-refractivity contribution in [3.05, 3.63) is 11.9 Å². The third kappa shape index (κ3) is 12.2. The highest BCUT2D eigenvalue weighted by Crippen LogP contribution is 2.16. The maximum absolute atomic E-state index is 2.34. The lowest BCUT2D eigenvalue weighted by atomic mass is 10.2. The summed E-state index contributed by atoms with van der Waals surface area (Å²) in [7, 11) is 1.52. The molecule has 0 aromatic heterocycles. The molecule has 0 saturated carbocycles. The van der Waals surface area contributed by atoms with Gasteiger partial charge < -0.3 is 0 Å². The second-order valence-electron chi connectivity index (χ2n) is 3.49. The quantitative estimate of drug-likeness (QED) is 0.353. The van der Waals surface area contributed by atoms with Crippen LogP contribution in [0.3, 0.4) is 0 Å². The fourth-order valence-corrected chi connectivity index (χ4v) is 2.03. The molecule has 1 radical (unpaired) electrons. The van der Waals surface area contributed by atoms with E-state index < -0.39 is 0 Å². The van der Waals surface area contributed by atoms with Crippen LogP contribution >= 0.6 is 8.58 Å². The van der Waals surface area contributed by atoms with Crippen LogP contribution < -0.4 is 0 Å². The van der Waals surface area contributed by atoms with E-state index in [1.54, 1.807) is 0 Å². The Morgan fingerprint density at radius 1 is 0.923 bits per heavy atom. The molecule has 0 aromatic carbocycles. The molecule has 0 aliphatic heterocycles. The Bertz CT molecular complexity index is 108. The van der Waals surface area contributed by atoms with Crippen molar-refractivity contribution in [1.82, 2.24) is 0 Å². The van der Waals surface area contributed by atoms with Crippen LogP contribution in [0.1, 0.15) is 58.8 Å². The maximum Gasteiger partial charge on any atom is -0.0250 e. The molecule has 0 N–H and O–H groups in total. The van der Waals surface area contributed by atoms with Gasteiger partial charge >= 0.3 is 0 Å². The molecule has 77 valence electrons. The zero-order valence-electron chi connectivity index (χ0n) is 9.26. The maximum atomic E-state index is 2.34. The van der Waals surface area contributed by atoms with E-state index in [-0.39, 0.29) is 0 Å². The number of rotatable bonds is 9. The third-order valence-corrected chi connectivity index (χ3v) is 3.07. The molecule has 0 aliphatic rings. The molecule has 1 heteroatoms. The standard InChI is InChI=1S/C12H24P/c1-3-5-7-9-11-13-12-10-8-6-4-2/h9,11H,3-8,10,12H2,1-2H3. The lowest BCUT2D eigenvalue weighted by molar-refractivity contribution is 0.706. The minimum absolute atomic E-state index is 1.28. The van der Waals surface area contributed by atoms with Gasteiger partial charge in [-0.1, -0.05) is 66.4 Å². The molecule has 0 nitrogen and oxygen atoms in total. The smallest absolute Gasteiger partial charge is 0.0250 e. The lowest BCUT2D eigenvalue weighted by Gasteiger charge is -1.95. The van der Waals surface area contributed by atoms with Crippen molar-refractivity contribution in [3.8, 4) is 0 Å². The van der Waals surface area contributed by atoms with E-state index in [0.717, 1.165) is 0 Å². The first kappa shape index (κ1) is 13.2. The Morgan fingerprint density at radius 3 is 2.38 bits per heavy atom. The van der Waals surface area contributed by atoms with Crippen LogP contribution in [0.4, 0.5) is 0 Å². The molecule has 13 heavy (non-hydrogen) atoms. The largest absolute Gasteiger partial charge is 0.0837 e. The number of hydrogen-bond acceptors (Lipinski definition) is 0. The van der Waals surface area contributed by atoms with Crippen molar-refractivity contribution < 1.29 is 0 Å². The Hall–Kier alpha value is 0.170. The molecule has 0 aliphatic carbocycles. The van der Waals surface area contributed by atoms with Crippen molar-refractivity contribution in [2.75, 3.05) is 6.16 Å². The molecule has 0 aromatic rings. The highest BCUT2D eigenvalue weighted by molar-refractivity contribution is 7.41. The minimum Gasteiger partial charge on any atom is -0.0837 e. The van der Waals surface area contributed by atoms with Crippen LogP contribution in [0.5, 0.6) is 0 Å². The summed E-state index contributed by atoms with van der Waals surface area (Å²) in [6, 6.07) is 0. The van der Waals surface area contributed by atoms with Gasteiger partial charge in [-0.3, -0.25) is 0 Å². The van der Waals surface area contributed by atoms with Crippen LogP contribution in [-0.2, 0) is 0 Å². The van der Waals surface area contributed by atoms with E-state index in [2.05, 4.69) is 25.7 Å². The monoisotopic (exact) mass is 199 g/mol. The summed E-state index contributed by atoms with van der Waals surface area (Å²) in [6.45, 7) is 4.51. The van der Waals surface area contributed by atoms with E-state index >= 15 is 0 Å². The zero-order chi connectivity index (χ0) is 9.78. The summed E-state index contributed by atoms with van der Waals surface area (Å²) in [4.78, 5) is 0. The van der Waals surface area contributed by atoms with Crippen LogP contribution in [0.2, 0.25) is 0 Å². The summed E-state index contributed by atoms with van der Waals surface area (Å²) in [6.07, 6.45) is 13.2. The average Bonchev–Trinajstić information content (AvgIpc) is 2.16. The van der Waals surface area contributed by atoms with Gasteiger partial charge in [-0.2, -0.15) is 0 Å². The molecule has 0 saturated heterocycles. The van der Waals surface area contributed by atoms with Gasteiger partial charge in [-0.05, 0) is 19.0 Å². The number of allylic oxidation sites excluding steroid dienone is 1. The van der Waals surface area contributed by atoms with Crippen molar-refractivity contribution >= 4 is 8.58 Å². The van der Waals surface area contributed by atoms with Gasteiger partial charge in [0, 0.05) is 0 Å². The summed E-state index contributed by atoms with van der Waals surface area (Å²) in [5, 5.41) is 0. The number of hydrogen-bond donors (Lipinski definition) is 0. The van der Waals surface area contributed by atoms with E-state index in [1.165, 1.54) is 59.7 Å². The summed E-state index contributed by atoms with van der Waals surface area (Å²) in [5.41, 5.74) is 0. The number of unbranched alkanes of at least 4 members (excludes halogenated alkanes) is 5. The van der Waals surface area contributed by atoms with E-state index in [0.29, 0.717) is 0 Å². The Labute approximate surface area is 86.0 Å². The van der Waals surface area contributed by atoms with Crippen molar-refractivity contribution in [1.29, 1.82) is 0 Å². The Balaban J connectivity index is 2.93. The molecular formula is C12H24P. The van der Waals surface area contributed by atoms with Gasteiger partial charge in [0.2, 0.25) is 0 Å². The topological polar surface area (TPSA) is 0 Å². The molecule has 0 fully saturated rings. The second-order valence-corrected chi connectivity index (χ2v) is 4.60. The van der Waals surface area contributed by atoms with Gasteiger partial charge in [0.05, 0.1) is 0 Å². The zero-order valence-corrected chi connectivity index (χ0v) is 10.2. The first-order valence-electron chi connectivity index (χ1n) is 5.73. The summed E-state index contributed by atoms with van der Waals surface area (Å²) < 4.78 is 0. The highest BCUT2D eigenvalue weighted by Gasteiger charge is 1.86. The molecule has 0 spiro atoms. The van der Waals surface area contributed by atoms with Gasteiger partial charge in [-0.25, -0.2) is 0 Å². The fourth-order valence-electron chi connectivity index (χ4n) is 1.18. The van der Waals surface area contributed by atoms with Gasteiger partial charge in [-0.15, -0.1) is 0 Å². The van der Waals surface area contributed by atoms with Crippen LogP contribution in [0.25, 0.3) is 0 Å². The minimum atomic E-state index is 1.28. The van der Waals surface area contributed by atoms with Crippen LogP contribution in [-0.4, -0.2) is 6.16 Å². The third-order valence-electron chi connectivity index (χ3n) is 2.08. The summed E-state index contributed by atoms with van der Waals surface area (Å²) in [5.74, 6) is 2.33. The van der Waals surface area contributed by atoms with Gasteiger partial charge in [0.25, 0.3) is 0 Å². The Morgan fingerprint density at radius 2 is 1.69 bits per heavy atom. The lowest BCUT2D eigenvalue weighted by Crippen LogP contribution is -1.76. The van der Waals surface area contributed by atoms with Crippen LogP contribution in [0, 0.1) is 0 Å². The SMILES string of the molecule is CCCCC=C[P]CCCCCC. The Kier molecular flexibility index (Phi) is 12.3. The molecule has 0 unspecified atom stereocenters. The summed E-state index contributed by atoms with van der Waals surface area (Å²) >= 11 is 0. The van der Waals surface area contributed by atoms with E-state index in [4.69, 9.17) is 0 Å². The average molecular weight is 199 g/mol. The molecule has 0 bridgehead atoms. The van der Waals surface area contributed by atoms with Crippen LogP contribution in [0.15, 0.2) is 11.9 Å². The van der Waals surface area contributed by atoms with E-state index in [9.17, 15) is 0 Å². The molecule has 0 rings (SSSR count). The first-order chi connectivity index (χ1) is 6.41. The van der Waals surface area contributed by atoms with Crippen molar-refractivity contribution in [2.24, 2.45) is 0 Å². The molecule has 0 atom stereocenters. The molecule has 0 heterocycles. The van der Waals surface area contributed by atoms with Crippen molar-refractivity contribution in [3.63, 3.8) is 0 Å². The van der Waals surface area contributed by atoms with Crippen molar-refractivity contribution in [2.45, 2.75) is 58.8 Å². The molecule has 0 amide bonds. The fraction of sp³-hybridized carbons (Fsp3) is 0.833.